The number of aromatic amines is 1. The third-order valence-electron chi connectivity index (χ3n) is 3.02. The van der Waals surface area contributed by atoms with E-state index >= 15 is 0 Å². The molecule has 0 aromatic carbocycles. The number of hydrogen-bond donors (Lipinski definition) is 1. The Morgan fingerprint density at radius 3 is 2.76 bits per heavy atom. The molecule has 1 N–H and O–H groups in total. The zero-order valence-electron chi connectivity index (χ0n) is 9.25. The first-order valence-electron chi connectivity index (χ1n) is 5.32. The van der Waals surface area contributed by atoms with Crippen molar-refractivity contribution < 1.29 is 17.9 Å². The highest BCUT2D eigenvalue weighted by atomic mass is 19.4. The van der Waals surface area contributed by atoms with Crippen molar-refractivity contribution in [3.63, 3.8) is 0 Å². The lowest BCUT2D eigenvalue weighted by Gasteiger charge is -2.34. The Hall–Kier alpha value is -1.24. The number of rotatable bonds is 1. The van der Waals surface area contributed by atoms with Gasteiger partial charge in [-0.1, -0.05) is 0 Å². The summed E-state index contributed by atoms with van der Waals surface area (Å²) in [6, 6.07) is 0.509. The average molecular weight is 250 g/mol. The van der Waals surface area contributed by atoms with Gasteiger partial charge in [-0.25, -0.2) is 0 Å². The number of aryl methyl sites for hydroxylation is 1. The second-order valence-corrected chi connectivity index (χ2v) is 4.21. The minimum Gasteiger partial charge on any atom is -0.381 e. The molecule has 17 heavy (non-hydrogen) atoms. The molecule has 1 aromatic rings. The molecule has 1 fully saturated rings. The number of nitrogens with one attached hydrogen (secondary N) is 1. The second-order valence-electron chi connectivity index (χ2n) is 4.21. The van der Waals surface area contributed by atoms with Crippen molar-refractivity contribution in [3.05, 3.63) is 22.1 Å². The van der Waals surface area contributed by atoms with E-state index in [9.17, 15) is 18.0 Å². The van der Waals surface area contributed by atoms with E-state index < -0.39 is 18.1 Å². The van der Waals surface area contributed by atoms with Crippen LogP contribution in [0.5, 0.6) is 0 Å². The predicted molar refractivity (Wildman–Crippen MR) is 53.8 cm³/mol. The summed E-state index contributed by atoms with van der Waals surface area (Å²) >= 11 is 0. The van der Waals surface area contributed by atoms with Crippen molar-refractivity contribution in [2.45, 2.75) is 25.6 Å². The molecule has 0 saturated carbocycles. The van der Waals surface area contributed by atoms with Crippen molar-refractivity contribution >= 4 is 0 Å². The Morgan fingerprint density at radius 1 is 1.53 bits per heavy atom. The minimum absolute atomic E-state index is 0.246. The van der Waals surface area contributed by atoms with Crippen molar-refractivity contribution in [2.24, 2.45) is 5.92 Å². The monoisotopic (exact) mass is 250 g/mol. The van der Waals surface area contributed by atoms with E-state index in [1.165, 1.54) is 10.7 Å². The van der Waals surface area contributed by atoms with Crippen LogP contribution in [0.4, 0.5) is 13.2 Å². The zero-order chi connectivity index (χ0) is 12.6. The van der Waals surface area contributed by atoms with Gasteiger partial charge in [-0.15, -0.1) is 0 Å². The predicted octanol–water partition coefficient (Wildman–Crippen LogP) is 1.62. The van der Waals surface area contributed by atoms with Crippen molar-refractivity contribution in [1.82, 2.24) is 9.78 Å². The van der Waals surface area contributed by atoms with Crippen molar-refractivity contribution in [3.8, 4) is 0 Å². The average Bonchev–Trinajstić information content (AvgIpc) is 2.56. The minimum atomic E-state index is -4.32. The molecule has 2 heterocycles. The molecule has 0 spiro atoms. The fourth-order valence-corrected chi connectivity index (χ4v) is 2.19. The fourth-order valence-electron chi connectivity index (χ4n) is 2.19. The smallest absolute Gasteiger partial charge is 0.381 e. The van der Waals surface area contributed by atoms with E-state index in [1.54, 1.807) is 6.92 Å². The Balaban J connectivity index is 2.34. The SMILES string of the molecule is Cc1cc(=O)[nH]n1C1CCOCC1C(F)(F)F. The molecule has 0 amide bonds. The van der Waals surface area contributed by atoms with Gasteiger partial charge in [0.1, 0.15) is 5.92 Å². The summed E-state index contributed by atoms with van der Waals surface area (Å²) in [6.07, 6.45) is -4.08. The molecule has 7 heteroatoms. The molecule has 2 atom stereocenters. The van der Waals surface area contributed by atoms with E-state index in [-0.39, 0.29) is 25.2 Å². The highest BCUT2D eigenvalue weighted by Crippen LogP contribution is 2.39. The molecule has 2 unspecified atom stereocenters. The quantitative estimate of drug-likeness (QED) is 0.823. The zero-order valence-corrected chi connectivity index (χ0v) is 9.25. The highest BCUT2D eigenvalue weighted by molar-refractivity contribution is 5.01. The molecule has 1 saturated heterocycles. The Morgan fingerprint density at radius 2 is 2.24 bits per heavy atom. The standard InChI is InChI=1S/C10H13F3N2O2/c1-6-4-9(16)14-15(6)8-2-3-17-5-7(8)10(11,12)13/h4,7-8H,2-3,5H2,1H3,(H,14,16). The number of nitrogens with zero attached hydrogens (tertiary/aromatic N) is 1. The van der Waals surface area contributed by atoms with Gasteiger partial charge in [-0.05, 0) is 13.3 Å². The van der Waals surface area contributed by atoms with E-state index in [4.69, 9.17) is 4.74 Å². The van der Waals surface area contributed by atoms with Gasteiger partial charge >= 0.3 is 6.18 Å². The van der Waals surface area contributed by atoms with Crippen LogP contribution in [0, 0.1) is 12.8 Å². The third-order valence-corrected chi connectivity index (χ3v) is 3.02. The molecule has 4 nitrogen and oxygen atoms in total. The first-order valence-corrected chi connectivity index (χ1v) is 5.32. The van der Waals surface area contributed by atoms with Gasteiger partial charge in [0.15, 0.2) is 0 Å². The summed E-state index contributed by atoms with van der Waals surface area (Å²) < 4.78 is 44.7. The van der Waals surface area contributed by atoms with E-state index in [2.05, 4.69) is 5.10 Å². The summed E-state index contributed by atoms with van der Waals surface area (Å²) in [5.41, 5.74) is 0.131. The summed E-state index contributed by atoms with van der Waals surface area (Å²) in [5, 5.41) is 2.42. The van der Waals surface area contributed by atoms with Crippen LogP contribution >= 0.6 is 0 Å². The van der Waals surface area contributed by atoms with Gasteiger partial charge in [0, 0.05) is 18.4 Å². The number of halogens is 3. The normalized spacial score (nSPS) is 26.1. The molecule has 1 aliphatic rings. The van der Waals surface area contributed by atoms with Crippen LogP contribution in [0.3, 0.4) is 0 Å². The summed E-state index contributed by atoms with van der Waals surface area (Å²) in [5.74, 6) is -1.57. The van der Waals surface area contributed by atoms with Crippen LogP contribution < -0.4 is 5.56 Å². The molecule has 0 bridgehead atoms. The van der Waals surface area contributed by atoms with Gasteiger partial charge in [-0.2, -0.15) is 13.2 Å². The largest absolute Gasteiger partial charge is 0.396 e. The number of aromatic nitrogens is 2. The number of alkyl halides is 3. The maximum absolute atomic E-state index is 12.8. The van der Waals surface area contributed by atoms with Gasteiger partial charge in [-0.3, -0.25) is 14.6 Å². The molecule has 2 rings (SSSR count). The Labute approximate surface area is 95.4 Å². The van der Waals surface area contributed by atoms with Crippen LogP contribution in [0.25, 0.3) is 0 Å². The van der Waals surface area contributed by atoms with E-state index in [0.717, 1.165) is 0 Å². The molecule has 1 aromatic heterocycles. The summed E-state index contributed by atoms with van der Waals surface area (Å²) in [7, 11) is 0. The van der Waals surface area contributed by atoms with Crippen LogP contribution in [0.15, 0.2) is 10.9 Å². The molecule has 96 valence electrons. The van der Waals surface area contributed by atoms with Crippen molar-refractivity contribution in [1.29, 1.82) is 0 Å². The molecular formula is C10H13F3N2O2. The maximum atomic E-state index is 12.8. The van der Waals surface area contributed by atoms with Gasteiger partial charge < -0.3 is 4.74 Å². The first kappa shape index (κ1) is 12.2. The van der Waals surface area contributed by atoms with Crippen LogP contribution in [-0.4, -0.2) is 29.2 Å². The summed E-state index contributed by atoms with van der Waals surface area (Å²) in [6.45, 7) is 1.53. The lowest BCUT2D eigenvalue weighted by molar-refractivity contribution is -0.214. The van der Waals surface area contributed by atoms with E-state index in [1.807, 2.05) is 0 Å². The molecule has 0 radical (unpaired) electrons. The van der Waals surface area contributed by atoms with Crippen molar-refractivity contribution in [2.75, 3.05) is 13.2 Å². The lowest BCUT2D eigenvalue weighted by atomic mass is 9.95. The van der Waals surface area contributed by atoms with Crippen LogP contribution in [0.1, 0.15) is 18.2 Å². The summed E-state index contributed by atoms with van der Waals surface area (Å²) in [4.78, 5) is 11.1. The Kier molecular flexibility index (Phi) is 3.03. The molecule has 1 aliphatic heterocycles. The van der Waals surface area contributed by atoms with Gasteiger partial charge in [0.2, 0.25) is 0 Å². The number of H-pyrrole nitrogens is 1. The third kappa shape index (κ3) is 2.38. The number of hydrogen-bond acceptors (Lipinski definition) is 2. The van der Waals surface area contributed by atoms with Crippen LogP contribution in [0.2, 0.25) is 0 Å². The number of ether oxygens (including phenoxy) is 1. The van der Waals surface area contributed by atoms with Gasteiger partial charge in [0.25, 0.3) is 5.56 Å². The lowest BCUT2D eigenvalue weighted by Crippen LogP contribution is -2.40. The van der Waals surface area contributed by atoms with Gasteiger partial charge in [0.05, 0.1) is 12.6 Å². The van der Waals surface area contributed by atoms with E-state index in [0.29, 0.717) is 5.69 Å². The van der Waals surface area contributed by atoms with Crippen LogP contribution in [-0.2, 0) is 4.74 Å². The topological polar surface area (TPSA) is 47.0 Å². The molecule has 0 aliphatic carbocycles. The fraction of sp³-hybridized carbons (Fsp3) is 0.700. The maximum Gasteiger partial charge on any atom is 0.396 e. The highest BCUT2D eigenvalue weighted by Gasteiger charge is 2.47. The Bertz CT molecular complexity index is 449. The molecular weight excluding hydrogens is 237 g/mol. The first-order chi connectivity index (χ1) is 7.89. The second kappa shape index (κ2) is 4.21.